The SMILES string of the molecule is CC1SC23CC=CC=C2N=CCC3C1C(=O)N1CCOCC1.Cl. The topological polar surface area (TPSA) is 41.9 Å². The number of hydrogen-bond donors (Lipinski definition) is 0. The van der Waals surface area contributed by atoms with Crippen LogP contribution in [0, 0.1) is 11.8 Å². The van der Waals surface area contributed by atoms with E-state index in [0.29, 0.717) is 30.3 Å². The molecule has 2 fully saturated rings. The number of morpholine rings is 1. The molecule has 0 saturated carbocycles. The Balaban J connectivity index is 0.00000156. The van der Waals surface area contributed by atoms with Crippen LogP contribution in [-0.4, -0.2) is 53.3 Å². The van der Waals surface area contributed by atoms with Crippen molar-refractivity contribution in [2.24, 2.45) is 16.8 Å². The van der Waals surface area contributed by atoms with Gasteiger partial charge < -0.3 is 9.64 Å². The third-order valence-electron chi connectivity index (χ3n) is 5.38. The van der Waals surface area contributed by atoms with E-state index < -0.39 is 0 Å². The van der Waals surface area contributed by atoms with E-state index >= 15 is 0 Å². The lowest BCUT2D eigenvalue weighted by Gasteiger charge is -2.40. The van der Waals surface area contributed by atoms with E-state index in [1.807, 2.05) is 22.9 Å². The first-order valence-electron chi connectivity index (χ1n) is 8.16. The number of hydrogen-bond acceptors (Lipinski definition) is 4. The number of nitrogens with zero attached hydrogens (tertiary/aromatic N) is 2. The molecule has 1 spiro atoms. The molecular weight excluding hydrogens is 332 g/mol. The molecule has 4 atom stereocenters. The van der Waals surface area contributed by atoms with Gasteiger partial charge in [0.15, 0.2) is 0 Å². The summed E-state index contributed by atoms with van der Waals surface area (Å²) in [6.07, 6.45) is 10.4. The summed E-state index contributed by atoms with van der Waals surface area (Å²) in [5.74, 6) is 0.802. The molecule has 4 aliphatic rings. The van der Waals surface area contributed by atoms with Crippen molar-refractivity contribution in [2.75, 3.05) is 26.3 Å². The Morgan fingerprint density at radius 1 is 1.43 bits per heavy atom. The molecule has 0 N–H and O–H groups in total. The highest BCUT2D eigenvalue weighted by Crippen LogP contribution is 2.60. The van der Waals surface area contributed by atoms with Crippen LogP contribution in [0.3, 0.4) is 0 Å². The van der Waals surface area contributed by atoms with Gasteiger partial charge in [0.1, 0.15) is 0 Å². The molecule has 23 heavy (non-hydrogen) atoms. The average Bonchev–Trinajstić information content (AvgIpc) is 2.85. The largest absolute Gasteiger partial charge is 0.378 e. The number of allylic oxidation sites excluding steroid dienone is 3. The third-order valence-corrected chi connectivity index (χ3v) is 7.14. The van der Waals surface area contributed by atoms with E-state index in [1.54, 1.807) is 0 Å². The summed E-state index contributed by atoms with van der Waals surface area (Å²) in [5.41, 5.74) is 1.17. The summed E-state index contributed by atoms with van der Waals surface area (Å²) in [4.78, 5) is 19.8. The number of rotatable bonds is 1. The van der Waals surface area contributed by atoms with Crippen molar-refractivity contribution in [2.45, 2.75) is 29.8 Å². The van der Waals surface area contributed by atoms with Gasteiger partial charge in [-0.2, -0.15) is 0 Å². The van der Waals surface area contributed by atoms with Crippen molar-refractivity contribution in [3.05, 3.63) is 23.9 Å². The third kappa shape index (κ3) is 2.67. The van der Waals surface area contributed by atoms with E-state index in [1.165, 1.54) is 5.70 Å². The Morgan fingerprint density at radius 3 is 3.00 bits per heavy atom. The number of carbonyl (C=O) groups is 1. The fourth-order valence-electron chi connectivity index (χ4n) is 4.33. The summed E-state index contributed by atoms with van der Waals surface area (Å²) in [6.45, 7) is 5.04. The normalized spacial score (nSPS) is 38.4. The average molecular weight is 355 g/mol. The molecule has 0 aromatic carbocycles. The van der Waals surface area contributed by atoms with Crippen molar-refractivity contribution >= 4 is 36.3 Å². The molecule has 3 heterocycles. The van der Waals surface area contributed by atoms with E-state index in [9.17, 15) is 4.79 Å². The lowest BCUT2D eigenvalue weighted by atomic mass is 9.72. The number of aliphatic imine (C=N–C) groups is 1. The van der Waals surface area contributed by atoms with Crippen LogP contribution in [-0.2, 0) is 9.53 Å². The molecule has 1 aliphatic carbocycles. The summed E-state index contributed by atoms with van der Waals surface area (Å²) in [5, 5.41) is 0.344. The second kappa shape index (κ2) is 6.61. The molecule has 0 bridgehead atoms. The zero-order chi connectivity index (χ0) is 15.2. The van der Waals surface area contributed by atoms with E-state index in [-0.39, 0.29) is 23.1 Å². The highest BCUT2D eigenvalue weighted by atomic mass is 35.5. The van der Waals surface area contributed by atoms with Crippen molar-refractivity contribution in [1.29, 1.82) is 0 Å². The standard InChI is InChI=1S/C17H22N2O2S.ClH/c1-12-15(16(20)19-8-10-21-11-9-19)13-5-7-18-14-4-2-3-6-17(13,14)22-12;/h2-4,7,12-13,15H,5-6,8-11H2,1H3;1H. The Bertz CT molecular complexity index is 571. The molecule has 6 heteroatoms. The van der Waals surface area contributed by atoms with E-state index in [4.69, 9.17) is 4.74 Å². The van der Waals surface area contributed by atoms with Crippen molar-refractivity contribution in [1.82, 2.24) is 4.90 Å². The van der Waals surface area contributed by atoms with Crippen molar-refractivity contribution < 1.29 is 9.53 Å². The lowest BCUT2D eigenvalue weighted by molar-refractivity contribution is -0.141. The van der Waals surface area contributed by atoms with Crippen molar-refractivity contribution in [3.8, 4) is 0 Å². The number of thioether (sulfide) groups is 1. The summed E-state index contributed by atoms with van der Waals surface area (Å²) >= 11 is 1.97. The van der Waals surface area contributed by atoms with Crippen LogP contribution < -0.4 is 0 Å². The minimum absolute atomic E-state index is 0. The zero-order valence-corrected chi connectivity index (χ0v) is 14.9. The lowest BCUT2D eigenvalue weighted by Crippen LogP contribution is -2.48. The summed E-state index contributed by atoms with van der Waals surface area (Å²) < 4.78 is 5.42. The maximum atomic E-state index is 13.1. The van der Waals surface area contributed by atoms with Gasteiger partial charge in [-0.3, -0.25) is 9.79 Å². The number of halogens is 1. The summed E-state index contributed by atoms with van der Waals surface area (Å²) in [6, 6.07) is 0. The first kappa shape index (κ1) is 17.1. The molecule has 4 rings (SSSR count). The first-order valence-corrected chi connectivity index (χ1v) is 9.04. The minimum Gasteiger partial charge on any atom is -0.378 e. The molecule has 1 amide bonds. The van der Waals surface area contributed by atoms with Crippen LogP contribution >= 0.6 is 24.2 Å². The Hall–Kier alpha value is -0.780. The van der Waals surface area contributed by atoms with Gasteiger partial charge in [-0.25, -0.2) is 0 Å². The minimum atomic E-state index is 0. The monoisotopic (exact) mass is 354 g/mol. The second-order valence-electron chi connectivity index (χ2n) is 6.51. The van der Waals surface area contributed by atoms with Crippen LogP contribution in [0.1, 0.15) is 19.8 Å². The molecule has 0 aromatic rings. The molecule has 4 nitrogen and oxygen atoms in total. The predicted molar refractivity (Wildman–Crippen MR) is 96.4 cm³/mol. The van der Waals surface area contributed by atoms with Crippen LogP contribution in [0.4, 0.5) is 0 Å². The predicted octanol–water partition coefficient (Wildman–Crippen LogP) is 2.69. The van der Waals surface area contributed by atoms with Crippen LogP contribution in [0.2, 0.25) is 0 Å². The van der Waals surface area contributed by atoms with E-state index in [2.05, 4.69) is 30.1 Å². The summed E-state index contributed by atoms with van der Waals surface area (Å²) in [7, 11) is 0. The smallest absolute Gasteiger partial charge is 0.227 e. The van der Waals surface area contributed by atoms with Gasteiger partial charge in [0.2, 0.25) is 5.91 Å². The Kier molecular flexibility index (Phi) is 4.90. The second-order valence-corrected chi connectivity index (χ2v) is 8.22. The maximum Gasteiger partial charge on any atom is 0.227 e. The number of amides is 1. The molecule has 4 unspecified atom stereocenters. The van der Waals surface area contributed by atoms with Gasteiger partial charge in [0.05, 0.1) is 29.6 Å². The van der Waals surface area contributed by atoms with Gasteiger partial charge >= 0.3 is 0 Å². The van der Waals surface area contributed by atoms with Crippen LogP contribution in [0.25, 0.3) is 0 Å². The fraction of sp³-hybridized carbons (Fsp3) is 0.647. The fourth-order valence-corrected chi connectivity index (χ4v) is 6.30. The van der Waals surface area contributed by atoms with Crippen LogP contribution in [0.15, 0.2) is 28.9 Å². The van der Waals surface area contributed by atoms with Gasteiger partial charge in [0, 0.05) is 24.6 Å². The van der Waals surface area contributed by atoms with Crippen molar-refractivity contribution in [3.63, 3.8) is 0 Å². The molecule has 0 radical (unpaired) electrons. The molecule has 0 aromatic heterocycles. The first-order chi connectivity index (χ1) is 10.7. The maximum absolute atomic E-state index is 13.1. The molecule has 3 aliphatic heterocycles. The zero-order valence-electron chi connectivity index (χ0n) is 13.3. The number of carbonyl (C=O) groups excluding carboxylic acids is 1. The van der Waals surface area contributed by atoms with Gasteiger partial charge in [-0.15, -0.1) is 24.2 Å². The van der Waals surface area contributed by atoms with E-state index in [0.717, 1.165) is 25.9 Å². The van der Waals surface area contributed by atoms with Gasteiger partial charge in [0.25, 0.3) is 0 Å². The Morgan fingerprint density at radius 2 is 2.22 bits per heavy atom. The number of ether oxygens (including phenoxy) is 1. The van der Waals surface area contributed by atoms with Gasteiger partial charge in [-0.05, 0) is 24.8 Å². The van der Waals surface area contributed by atoms with Gasteiger partial charge in [-0.1, -0.05) is 19.1 Å². The molecule has 126 valence electrons. The Labute approximate surface area is 147 Å². The highest BCUT2D eigenvalue weighted by Gasteiger charge is 2.58. The molecule has 2 saturated heterocycles. The molecular formula is C17H23ClN2O2S. The van der Waals surface area contributed by atoms with Crippen LogP contribution in [0.5, 0.6) is 0 Å². The highest BCUT2D eigenvalue weighted by molar-refractivity contribution is 8.01. The quantitative estimate of drug-likeness (QED) is 0.727.